The first-order valence-corrected chi connectivity index (χ1v) is 7.04. The number of urea groups is 1. The molecule has 7 nitrogen and oxygen atoms in total. The van der Waals surface area contributed by atoms with Gasteiger partial charge in [-0.1, -0.05) is 0 Å². The lowest BCUT2D eigenvalue weighted by Crippen LogP contribution is -2.50. The average Bonchev–Trinajstić information content (AvgIpc) is 2.82. The Labute approximate surface area is 117 Å². The molecule has 3 atom stereocenters. The van der Waals surface area contributed by atoms with Crippen LogP contribution >= 0.6 is 0 Å². The van der Waals surface area contributed by atoms with Crippen molar-refractivity contribution in [3.8, 4) is 0 Å². The molecule has 2 aliphatic rings. The maximum Gasteiger partial charge on any atom is 0.326 e. The van der Waals surface area contributed by atoms with Crippen molar-refractivity contribution in [3.05, 3.63) is 0 Å². The van der Waals surface area contributed by atoms with E-state index in [2.05, 4.69) is 5.32 Å². The third kappa shape index (κ3) is 3.40. The highest BCUT2D eigenvalue weighted by atomic mass is 16.5. The standard InChI is InChI=1S/C13H22N2O5/c1-8(9-2-4-20-5-3-9)14-13(19)15-7-10(16)6-11(15)12(17)18/h8-11,16H,2-7H2,1H3,(H,14,19)(H,17,18)/t8?,10-,11-/m1/s1. The Morgan fingerprint density at radius 2 is 2.00 bits per heavy atom. The minimum atomic E-state index is -1.07. The number of ether oxygens (including phenoxy) is 1. The summed E-state index contributed by atoms with van der Waals surface area (Å²) in [5, 5.41) is 21.5. The first-order valence-electron chi connectivity index (χ1n) is 7.04. The number of aliphatic carboxylic acids is 1. The normalized spacial score (nSPS) is 29.2. The zero-order chi connectivity index (χ0) is 14.7. The summed E-state index contributed by atoms with van der Waals surface area (Å²) < 4.78 is 5.28. The number of carboxylic acid groups (broad SMARTS) is 1. The maximum atomic E-state index is 12.2. The van der Waals surface area contributed by atoms with Crippen LogP contribution in [-0.4, -0.2) is 65.1 Å². The van der Waals surface area contributed by atoms with Gasteiger partial charge in [0.1, 0.15) is 6.04 Å². The van der Waals surface area contributed by atoms with E-state index in [1.807, 2.05) is 6.92 Å². The van der Waals surface area contributed by atoms with E-state index in [4.69, 9.17) is 9.84 Å². The number of aliphatic hydroxyl groups is 1. The molecule has 1 unspecified atom stereocenters. The van der Waals surface area contributed by atoms with Crippen LogP contribution in [0.3, 0.4) is 0 Å². The predicted molar refractivity (Wildman–Crippen MR) is 70.3 cm³/mol. The number of nitrogens with one attached hydrogen (secondary N) is 1. The van der Waals surface area contributed by atoms with Crippen LogP contribution in [0, 0.1) is 5.92 Å². The van der Waals surface area contributed by atoms with E-state index in [1.165, 1.54) is 4.90 Å². The summed E-state index contributed by atoms with van der Waals surface area (Å²) >= 11 is 0. The minimum Gasteiger partial charge on any atom is -0.480 e. The molecule has 2 heterocycles. The van der Waals surface area contributed by atoms with Gasteiger partial charge in [-0.25, -0.2) is 9.59 Å². The van der Waals surface area contributed by atoms with Crippen molar-refractivity contribution >= 4 is 12.0 Å². The minimum absolute atomic E-state index is 0.0291. The zero-order valence-electron chi connectivity index (χ0n) is 11.6. The second-order valence-corrected chi connectivity index (χ2v) is 5.58. The fourth-order valence-corrected chi connectivity index (χ4v) is 2.88. The van der Waals surface area contributed by atoms with Gasteiger partial charge in [0, 0.05) is 32.2 Å². The first kappa shape index (κ1) is 15.1. The molecule has 0 saturated carbocycles. The summed E-state index contributed by atoms with van der Waals surface area (Å²) in [6.45, 7) is 3.40. The molecule has 2 amide bonds. The van der Waals surface area contributed by atoms with Gasteiger partial charge in [-0.15, -0.1) is 0 Å². The Bertz CT molecular complexity index is 370. The summed E-state index contributed by atoms with van der Waals surface area (Å²) in [5.74, 6) is -0.723. The third-order valence-electron chi connectivity index (χ3n) is 4.15. The molecule has 20 heavy (non-hydrogen) atoms. The molecule has 0 aromatic heterocycles. The lowest BCUT2D eigenvalue weighted by atomic mass is 9.93. The number of aliphatic hydroxyl groups excluding tert-OH is 1. The van der Waals surface area contributed by atoms with Crippen LogP contribution in [0.2, 0.25) is 0 Å². The number of rotatable bonds is 3. The molecule has 2 fully saturated rings. The number of β-amino-alcohol motifs (C(OH)–C–C–N with tert-alkyl or cyclic N) is 1. The molecule has 2 rings (SSSR count). The van der Waals surface area contributed by atoms with Gasteiger partial charge in [-0.2, -0.15) is 0 Å². The Kier molecular flexibility index (Phi) is 4.82. The molecule has 2 aliphatic heterocycles. The lowest BCUT2D eigenvalue weighted by Gasteiger charge is -2.30. The zero-order valence-corrected chi connectivity index (χ0v) is 11.6. The monoisotopic (exact) mass is 286 g/mol. The number of carbonyl (C=O) groups is 2. The molecule has 114 valence electrons. The number of carboxylic acids is 1. The second-order valence-electron chi connectivity index (χ2n) is 5.58. The SMILES string of the molecule is CC(NC(=O)N1C[C@H](O)C[C@@H]1C(=O)O)C1CCOCC1. The number of nitrogens with zero attached hydrogens (tertiary/aromatic N) is 1. The van der Waals surface area contributed by atoms with Crippen molar-refractivity contribution in [1.82, 2.24) is 10.2 Å². The number of hydrogen-bond acceptors (Lipinski definition) is 4. The fourth-order valence-electron chi connectivity index (χ4n) is 2.88. The first-order chi connectivity index (χ1) is 9.49. The highest BCUT2D eigenvalue weighted by Gasteiger charge is 2.39. The summed E-state index contributed by atoms with van der Waals surface area (Å²) in [6.07, 6.45) is 1.12. The largest absolute Gasteiger partial charge is 0.480 e. The van der Waals surface area contributed by atoms with E-state index in [9.17, 15) is 14.7 Å². The van der Waals surface area contributed by atoms with Gasteiger partial charge in [0.2, 0.25) is 0 Å². The molecule has 0 radical (unpaired) electrons. The highest BCUT2D eigenvalue weighted by molar-refractivity contribution is 5.83. The molecule has 0 aliphatic carbocycles. The van der Waals surface area contributed by atoms with Crippen LogP contribution in [0.5, 0.6) is 0 Å². The molecule has 0 aromatic rings. The second kappa shape index (κ2) is 6.41. The van der Waals surface area contributed by atoms with Crippen molar-refractivity contribution in [1.29, 1.82) is 0 Å². The fraction of sp³-hybridized carbons (Fsp3) is 0.846. The summed E-state index contributed by atoms with van der Waals surface area (Å²) in [7, 11) is 0. The summed E-state index contributed by atoms with van der Waals surface area (Å²) in [5.41, 5.74) is 0. The van der Waals surface area contributed by atoms with Gasteiger partial charge in [0.05, 0.1) is 6.10 Å². The Morgan fingerprint density at radius 3 is 2.60 bits per heavy atom. The number of hydrogen-bond donors (Lipinski definition) is 3. The van der Waals surface area contributed by atoms with Crippen LogP contribution in [0.4, 0.5) is 4.79 Å². The molecular formula is C13H22N2O5. The van der Waals surface area contributed by atoms with Gasteiger partial charge in [0.25, 0.3) is 0 Å². The van der Waals surface area contributed by atoms with Gasteiger partial charge >= 0.3 is 12.0 Å². The van der Waals surface area contributed by atoms with Crippen molar-refractivity contribution in [2.45, 2.75) is 44.4 Å². The van der Waals surface area contributed by atoms with Crippen molar-refractivity contribution in [2.75, 3.05) is 19.8 Å². The lowest BCUT2D eigenvalue weighted by molar-refractivity contribution is -0.141. The van der Waals surface area contributed by atoms with Gasteiger partial charge < -0.3 is 25.2 Å². The number of likely N-dealkylation sites (tertiary alicyclic amines) is 1. The molecular weight excluding hydrogens is 264 g/mol. The van der Waals surface area contributed by atoms with Crippen LogP contribution in [0.15, 0.2) is 0 Å². The molecule has 0 aromatic carbocycles. The summed E-state index contributed by atoms with van der Waals surface area (Å²) in [4.78, 5) is 24.5. The van der Waals surface area contributed by atoms with E-state index >= 15 is 0 Å². The number of carbonyl (C=O) groups excluding carboxylic acids is 1. The molecule has 7 heteroatoms. The van der Waals surface area contributed by atoms with Crippen LogP contribution < -0.4 is 5.32 Å². The van der Waals surface area contributed by atoms with Crippen molar-refractivity contribution in [2.24, 2.45) is 5.92 Å². The van der Waals surface area contributed by atoms with Gasteiger partial charge in [-0.3, -0.25) is 0 Å². The average molecular weight is 286 g/mol. The highest BCUT2D eigenvalue weighted by Crippen LogP contribution is 2.21. The Hall–Kier alpha value is -1.34. The molecule has 3 N–H and O–H groups in total. The van der Waals surface area contributed by atoms with E-state index in [0.29, 0.717) is 19.1 Å². The summed E-state index contributed by atoms with van der Waals surface area (Å²) in [6, 6.07) is -1.38. The maximum absolute atomic E-state index is 12.2. The predicted octanol–water partition coefficient (Wildman–Crippen LogP) is 0.0309. The van der Waals surface area contributed by atoms with E-state index in [-0.39, 0.29) is 19.0 Å². The number of amides is 2. The Morgan fingerprint density at radius 1 is 1.35 bits per heavy atom. The molecule has 0 spiro atoms. The van der Waals surface area contributed by atoms with Gasteiger partial charge in [0.15, 0.2) is 0 Å². The topological polar surface area (TPSA) is 99.1 Å². The quantitative estimate of drug-likeness (QED) is 0.680. The molecule has 0 bridgehead atoms. The van der Waals surface area contributed by atoms with Crippen molar-refractivity contribution in [3.63, 3.8) is 0 Å². The smallest absolute Gasteiger partial charge is 0.326 e. The van der Waals surface area contributed by atoms with Crippen LogP contribution in [-0.2, 0) is 9.53 Å². The van der Waals surface area contributed by atoms with E-state index in [0.717, 1.165) is 12.8 Å². The van der Waals surface area contributed by atoms with Gasteiger partial charge in [-0.05, 0) is 25.7 Å². The Balaban J connectivity index is 1.91. The third-order valence-corrected chi connectivity index (χ3v) is 4.15. The van der Waals surface area contributed by atoms with E-state index in [1.54, 1.807) is 0 Å². The molecule has 2 saturated heterocycles. The van der Waals surface area contributed by atoms with E-state index < -0.39 is 24.1 Å². The van der Waals surface area contributed by atoms with Crippen LogP contribution in [0.1, 0.15) is 26.2 Å². The van der Waals surface area contributed by atoms with Crippen molar-refractivity contribution < 1.29 is 24.5 Å². The van der Waals surface area contributed by atoms with Crippen LogP contribution in [0.25, 0.3) is 0 Å².